The maximum absolute atomic E-state index is 6.76. The molecule has 0 fully saturated rings. The first kappa shape index (κ1) is 28.6. The largest absolute Gasteiger partial charge is 0.454 e. The topological polar surface area (TPSA) is 49.0 Å². The predicted molar refractivity (Wildman–Crippen MR) is 217 cm³/mol. The van der Waals surface area contributed by atoms with E-state index in [0.717, 1.165) is 77.4 Å². The number of nitrogens with zero attached hydrogens (tertiary/aromatic N) is 3. The fourth-order valence-electron chi connectivity index (χ4n) is 8.75. The number of pyridine rings is 1. The molecule has 0 amide bonds. The molecule has 5 aromatic heterocycles. The van der Waals surface area contributed by atoms with E-state index in [-0.39, 0.29) is 0 Å². The minimum absolute atomic E-state index is 0.693. The minimum atomic E-state index is 0.693. The highest BCUT2D eigenvalue weighted by molar-refractivity contribution is 6.14. The second-order valence-corrected chi connectivity index (χ2v) is 13.9. The minimum Gasteiger partial charge on any atom is -0.454 e. The van der Waals surface area contributed by atoms with Crippen LogP contribution in [-0.4, -0.2) is 14.1 Å². The van der Waals surface area contributed by atoms with Crippen molar-refractivity contribution in [3.63, 3.8) is 0 Å². The summed E-state index contributed by atoms with van der Waals surface area (Å²) in [6, 6.07) is 55.9. The number of furan rings is 2. The Hall–Kier alpha value is -7.11. The quantitative estimate of drug-likeness (QED) is 0.186. The molecule has 0 saturated heterocycles. The molecule has 0 unspecified atom stereocenters. The number of hydrogen-bond acceptors (Lipinski definition) is 3. The Bertz CT molecular complexity index is 3340. The SMILES string of the molecule is c1ccc2c(c1)oc1c(-n3c4ccccc4c4ccccc43)c(Cc3ccc4oc5c(-n6c7ccccc7c7ccccc76)ccnc5c4c3)ccc12. The number of rotatable bonds is 4. The van der Waals surface area contributed by atoms with Crippen molar-refractivity contribution in [2.45, 2.75) is 6.42 Å². The summed E-state index contributed by atoms with van der Waals surface area (Å²) in [7, 11) is 0. The Kier molecular flexibility index (Phi) is 5.77. The molecule has 5 nitrogen and oxygen atoms in total. The molecular formula is C48H29N3O2. The van der Waals surface area contributed by atoms with Crippen LogP contribution < -0.4 is 0 Å². The van der Waals surface area contributed by atoms with E-state index in [2.05, 4.69) is 161 Å². The van der Waals surface area contributed by atoms with Gasteiger partial charge in [0.05, 0.1) is 33.4 Å². The van der Waals surface area contributed by atoms with E-state index in [1.165, 1.54) is 32.7 Å². The van der Waals surface area contributed by atoms with Crippen molar-refractivity contribution in [1.82, 2.24) is 14.1 Å². The number of para-hydroxylation sites is 5. The lowest BCUT2D eigenvalue weighted by Crippen LogP contribution is -2.01. The lowest BCUT2D eigenvalue weighted by molar-refractivity contribution is 0.664. The number of hydrogen-bond donors (Lipinski definition) is 0. The first-order valence-electron chi connectivity index (χ1n) is 18.0. The lowest BCUT2D eigenvalue weighted by atomic mass is 9.99. The number of fused-ring (bicyclic) bond motifs is 12. The third-order valence-corrected chi connectivity index (χ3v) is 11.0. The fraction of sp³-hybridized carbons (Fsp3) is 0.0208. The molecule has 0 saturated carbocycles. The van der Waals surface area contributed by atoms with Crippen molar-refractivity contribution in [3.05, 3.63) is 175 Å². The van der Waals surface area contributed by atoms with Crippen LogP contribution in [0.4, 0.5) is 0 Å². The third-order valence-electron chi connectivity index (χ3n) is 11.0. The molecule has 0 aliphatic heterocycles. The second-order valence-electron chi connectivity index (χ2n) is 13.9. The van der Waals surface area contributed by atoms with E-state index in [9.17, 15) is 0 Å². The Morgan fingerprint density at radius 3 is 1.64 bits per heavy atom. The highest BCUT2D eigenvalue weighted by Crippen LogP contribution is 2.41. The van der Waals surface area contributed by atoms with Gasteiger partial charge >= 0.3 is 0 Å². The molecule has 248 valence electrons. The molecule has 12 rings (SSSR count). The third kappa shape index (κ3) is 3.99. The average Bonchev–Trinajstić information content (AvgIpc) is 3.96. The zero-order valence-electron chi connectivity index (χ0n) is 28.5. The van der Waals surface area contributed by atoms with E-state index in [4.69, 9.17) is 13.8 Å². The molecule has 0 spiro atoms. The molecule has 12 aromatic rings. The molecule has 0 N–H and O–H groups in total. The van der Waals surface area contributed by atoms with Gasteiger partial charge in [-0.05, 0) is 66.1 Å². The van der Waals surface area contributed by atoms with Crippen molar-refractivity contribution in [2.24, 2.45) is 0 Å². The van der Waals surface area contributed by atoms with E-state index in [1.54, 1.807) is 0 Å². The van der Waals surface area contributed by atoms with Crippen LogP contribution in [0.5, 0.6) is 0 Å². The van der Waals surface area contributed by atoms with Crippen LogP contribution in [0.15, 0.2) is 173 Å². The summed E-state index contributed by atoms with van der Waals surface area (Å²) < 4.78 is 18.1. The average molecular weight is 680 g/mol. The van der Waals surface area contributed by atoms with Crippen molar-refractivity contribution < 1.29 is 8.83 Å². The van der Waals surface area contributed by atoms with E-state index < -0.39 is 0 Å². The molecular weight excluding hydrogens is 651 g/mol. The van der Waals surface area contributed by atoms with Crippen LogP contribution in [0, 0.1) is 0 Å². The summed E-state index contributed by atoms with van der Waals surface area (Å²) in [4.78, 5) is 4.91. The van der Waals surface area contributed by atoms with Crippen molar-refractivity contribution >= 4 is 87.6 Å². The van der Waals surface area contributed by atoms with Gasteiger partial charge in [-0.25, -0.2) is 0 Å². The standard InChI is InChI=1S/C48H29N3O2/c1-6-16-38-31(11-1)32-12-2-7-17-39(32)50(38)42-25-26-49-45-37-28-29(21-24-44(37)53-48(42)45)27-30-22-23-36-35-15-5-10-20-43(35)52-47(36)46(30)51-40-18-8-3-13-33(40)34-14-4-9-19-41(34)51/h1-26,28H,27H2. The summed E-state index contributed by atoms with van der Waals surface area (Å²) >= 11 is 0. The van der Waals surface area contributed by atoms with Crippen LogP contribution in [0.1, 0.15) is 11.1 Å². The van der Waals surface area contributed by atoms with Gasteiger partial charge in [-0.1, -0.05) is 109 Å². The Morgan fingerprint density at radius 1 is 0.434 bits per heavy atom. The van der Waals surface area contributed by atoms with Gasteiger partial charge in [0, 0.05) is 43.9 Å². The zero-order valence-corrected chi connectivity index (χ0v) is 28.5. The summed E-state index contributed by atoms with van der Waals surface area (Å²) in [5.74, 6) is 0. The first-order valence-corrected chi connectivity index (χ1v) is 18.0. The molecule has 0 radical (unpaired) electrons. The Labute approximate surface area is 302 Å². The molecule has 53 heavy (non-hydrogen) atoms. The van der Waals surface area contributed by atoms with Crippen LogP contribution in [0.2, 0.25) is 0 Å². The Balaban J connectivity index is 1.07. The second kappa shape index (κ2) is 10.7. The van der Waals surface area contributed by atoms with Crippen LogP contribution in [0.25, 0.3) is 99.0 Å². The smallest absolute Gasteiger partial charge is 0.177 e. The molecule has 0 atom stereocenters. The van der Waals surface area contributed by atoms with Crippen molar-refractivity contribution in [3.8, 4) is 11.4 Å². The van der Waals surface area contributed by atoms with Gasteiger partial charge in [0.15, 0.2) is 11.2 Å². The predicted octanol–water partition coefficient (Wildman–Crippen LogP) is 12.7. The lowest BCUT2D eigenvalue weighted by Gasteiger charge is -2.15. The van der Waals surface area contributed by atoms with E-state index >= 15 is 0 Å². The van der Waals surface area contributed by atoms with Gasteiger partial charge in [-0.3, -0.25) is 4.98 Å². The molecule has 7 aromatic carbocycles. The summed E-state index contributed by atoms with van der Waals surface area (Å²) in [5, 5.41) is 8.10. The number of aromatic nitrogens is 3. The van der Waals surface area contributed by atoms with E-state index in [1.807, 2.05) is 12.3 Å². The molecule has 0 aliphatic rings. The first-order chi connectivity index (χ1) is 26.3. The summed E-state index contributed by atoms with van der Waals surface area (Å²) in [6.45, 7) is 0. The molecule has 0 aliphatic carbocycles. The van der Waals surface area contributed by atoms with Gasteiger partial charge in [-0.2, -0.15) is 0 Å². The highest BCUT2D eigenvalue weighted by atomic mass is 16.3. The zero-order chi connectivity index (χ0) is 34.6. The monoisotopic (exact) mass is 679 g/mol. The maximum atomic E-state index is 6.76. The van der Waals surface area contributed by atoms with Crippen LogP contribution in [0.3, 0.4) is 0 Å². The van der Waals surface area contributed by atoms with Gasteiger partial charge in [-0.15, -0.1) is 0 Å². The summed E-state index contributed by atoms with van der Waals surface area (Å²) in [6.07, 6.45) is 2.59. The number of benzene rings is 7. The summed E-state index contributed by atoms with van der Waals surface area (Å²) in [5.41, 5.74) is 13.2. The van der Waals surface area contributed by atoms with Crippen molar-refractivity contribution in [2.75, 3.05) is 0 Å². The van der Waals surface area contributed by atoms with Crippen molar-refractivity contribution in [1.29, 1.82) is 0 Å². The Morgan fingerprint density at radius 2 is 0.981 bits per heavy atom. The molecule has 5 heteroatoms. The van der Waals surface area contributed by atoms with Crippen LogP contribution in [-0.2, 0) is 6.42 Å². The van der Waals surface area contributed by atoms with Gasteiger partial charge < -0.3 is 18.0 Å². The highest BCUT2D eigenvalue weighted by Gasteiger charge is 2.22. The maximum Gasteiger partial charge on any atom is 0.177 e. The van der Waals surface area contributed by atoms with E-state index in [0.29, 0.717) is 6.42 Å². The van der Waals surface area contributed by atoms with Crippen LogP contribution >= 0.6 is 0 Å². The normalized spacial score (nSPS) is 12.2. The fourth-order valence-corrected chi connectivity index (χ4v) is 8.75. The van der Waals surface area contributed by atoms with Gasteiger partial charge in [0.1, 0.15) is 16.7 Å². The van der Waals surface area contributed by atoms with Gasteiger partial charge in [0.2, 0.25) is 0 Å². The molecule has 5 heterocycles. The van der Waals surface area contributed by atoms with Gasteiger partial charge in [0.25, 0.3) is 0 Å². The molecule has 0 bridgehead atoms.